The molecule has 2 aromatic carbocycles. The molecule has 3 rings (SSSR count). The van der Waals surface area contributed by atoms with E-state index in [1.807, 2.05) is 24.3 Å². The maximum atomic E-state index is 13.3. The van der Waals surface area contributed by atoms with Crippen LogP contribution < -0.4 is 10.1 Å². The number of halogens is 1. The van der Waals surface area contributed by atoms with Crippen LogP contribution in [0, 0.1) is 18.2 Å². The maximum absolute atomic E-state index is 13.3. The molecule has 0 fully saturated rings. The fourth-order valence-corrected chi connectivity index (χ4v) is 2.21. The van der Waals surface area contributed by atoms with Crippen LogP contribution in [0.1, 0.15) is 11.3 Å². The molecule has 1 heterocycles. The van der Waals surface area contributed by atoms with E-state index < -0.39 is 0 Å². The minimum atomic E-state index is -0.364. The molecule has 0 amide bonds. The van der Waals surface area contributed by atoms with Crippen LogP contribution in [0.3, 0.4) is 0 Å². The third kappa shape index (κ3) is 3.22. The van der Waals surface area contributed by atoms with Gasteiger partial charge in [-0.2, -0.15) is 0 Å². The van der Waals surface area contributed by atoms with Gasteiger partial charge < -0.3 is 10.1 Å². The highest BCUT2D eigenvalue weighted by molar-refractivity contribution is 5.84. The fraction of sp³-hybridized carbons (Fsp3) is 0.111. The van der Waals surface area contributed by atoms with E-state index in [4.69, 9.17) is 11.2 Å². The number of ether oxygens (including phenoxy) is 1. The van der Waals surface area contributed by atoms with Crippen molar-refractivity contribution in [3.05, 3.63) is 59.5 Å². The number of rotatable bonds is 4. The molecule has 23 heavy (non-hydrogen) atoms. The second-order valence-corrected chi connectivity index (χ2v) is 4.90. The normalized spacial score (nSPS) is 10.3. The Balaban J connectivity index is 1.85. The van der Waals surface area contributed by atoms with E-state index in [0.717, 1.165) is 11.3 Å². The molecule has 0 spiro atoms. The van der Waals surface area contributed by atoms with E-state index in [2.05, 4.69) is 21.2 Å². The Bertz CT molecular complexity index is 885. The molecule has 0 aliphatic carbocycles. The van der Waals surface area contributed by atoms with Crippen LogP contribution >= 0.6 is 0 Å². The van der Waals surface area contributed by atoms with Gasteiger partial charge in [0.25, 0.3) is 0 Å². The summed E-state index contributed by atoms with van der Waals surface area (Å²) in [4.78, 5) is 8.62. The minimum absolute atomic E-state index is 0.364. The molecule has 0 bridgehead atoms. The first kappa shape index (κ1) is 14.8. The zero-order chi connectivity index (χ0) is 16.2. The lowest BCUT2D eigenvalue weighted by Crippen LogP contribution is -2.05. The number of hydrogen-bond donors (Lipinski definition) is 1. The van der Waals surface area contributed by atoms with Gasteiger partial charge in [0, 0.05) is 11.9 Å². The molecule has 0 unspecified atom stereocenters. The third-order valence-corrected chi connectivity index (χ3v) is 3.40. The third-order valence-electron chi connectivity index (χ3n) is 3.40. The minimum Gasteiger partial charge on any atom is -0.497 e. The number of nitrogens with one attached hydrogen (secondary N) is 1. The SMILES string of the molecule is C#Cc1nc(NCc2ccc(OC)cc2)nc2ccc(F)cc12. The van der Waals surface area contributed by atoms with Crippen LogP contribution in [0.15, 0.2) is 42.5 Å². The Morgan fingerprint density at radius 3 is 2.65 bits per heavy atom. The van der Waals surface area contributed by atoms with Gasteiger partial charge in [0.15, 0.2) is 0 Å². The molecular weight excluding hydrogens is 293 g/mol. The monoisotopic (exact) mass is 307 g/mol. The van der Waals surface area contributed by atoms with Crippen molar-refractivity contribution in [2.24, 2.45) is 0 Å². The van der Waals surface area contributed by atoms with Gasteiger partial charge in [0.05, 0.1) is 12.6 Å². The lowest BCUT2D eigenvalue weighted by Gasteiger charge is -2.08. The number of aromatic nitrogens is 2. The van der Waals surface area contributed by atoms with Crippen LogP contribution in [0.25, 0.3) is 10.9 Å². The summed E-state index contributed by atoms with van der Waals surface area (Å²) in [5.41, 5.74) is 2.02. The average Bonchev–Trinajstić information content (AvgIpc) is 2.59. The second kappa shape index (κ2) is 6.32. The number of terminal acetylenes is 1. The molecule has 114 valence electrons. The van der Waals surface area contributed by atoms with Crippen molar-refractivity contribution in [1.29, 1.82) is 0 Å². The number of nitrogens with zero attached hydrogens (tertiary/aromatic N) is 2. The Hall–Kier alpha value is -3.13. The average molecular weight is 307 g/mol. The smallest absolute Gasteiger partial charge is 0.224 e. The molecule has 3 aromatic rings. The van der Waals surface area contributed by atoms with Gasteiger partial charge in [-0.15, -0.1) is 6.42 Å². The summed E-state index contributed by atoms with van der Waals surface area (Å²) in [7, 11) is 1.63. The first-order valence-corrected chi connectivity index (χ1v) is 7.00. The number of anilines is 1. The lowest BCUT2D eigenvalue weighted by atomic mass is 10.2. The summed E-state index contributed by atoms with van der Waals surface area (Å²) >= 11 is 0. The number of methoxy groups -OCH3 is 1. The van der Waals surface area contributed by atoms with Crippen molar-refractivity contribution in [3.8, 4) is 18.1 Å². The van der Waals surface area contributed by atoms with E-state index in [1.54, 1.807) is 13.2 Å². The molecule has 0 aliphatic heterocycles. The highest BCUT2D eigenvalue weighted by atomic mass is 19.1. The van der Waals surface area contributed by atoms with E-state index in [1.165, 1.54) is 12.1 Å². The van der Waals surface area contributed by atoms with Crippen molar-refractivity contribution >= 4 is 16.9 Å². The van der Waals surface area contributed by atoms with Crippen molar-refractivity contribution < 1.29 is 9.13 Å². The Labute approximate surface area is 133 Å². The lowest BCUT2D eigenvalue weighted by molar-refractivity contribution is 0.414. The standard InChI is InChI=1S/C18H14FN3O/c1-3-16-15-10-13(19)6-9-17(15)22-18(21-16)20-11-12-4-7-14(23-2)8-5-12/h1,4-10H,11H2,2H3,(H,20,21,22). The summed E-state index contributed by atoms with van der Waals surface area (Å²) in [5.74, 6) is 3.32. The highest BCUT2D eigenvalue weighted by Crippen LogP contribution is 2.19. The summed E-state index contributed by atoms with van der Waals surface area (Å²) in [6, 6.07) is 11.9. The van der Waals surface area contributed by atoms with Crippen LogP contribution in [-0.2, 0) is 6.54 Å². The van der Waals surface area contributed by atoms with E-state index in [0.29, 0.717) is 29.1 Å². The van der Waals surface area contributed by atoms with Crippen LogP contribution in [0.5, 0.6) is 5.75 Å². The highest BCUT2D eigenvalue weighted by Gasteiger charge is 2.07. The predicted molar refractivity (Wildman–Crippen MR) is 87.8 cm³/mol. The summed E-state index contributed by atoms with van der Waals surface area (Å²) in [6.07, 6.45) is 5.47. The zero-order valence-corrected chi connectivity index (χ0v) is 12.5. The molecule has 5 heteroatoms. The van der Waals surface area contributed by atoms with Gasteiger partial charge in [-0.05, 0) is 41.8 Å². The van der Waals surface area contributed by atoms with E-state index in [9.17, 15) is 4.39 Å². The van der Waals surface area contributed by atoms with Gasteiger partial charge in [0.2, 0.25) is 5.95 Å². The molecule has 0 atom stereocenters. The second-order valence-electron chi connectivity index (χ2n) is 4.90. The Morgan fingerprint density at radius 1 is 1.17 bits per heavy atom. The Morgan fingerprint density at radius 2 is 1.96 bits per heavy atom. The first-order valence-electron chi connectivity index (χ1n) is 7.00. The molecule has 0 radical (unpaired) electrons. The van der Waals surface area contributed by atoms with Gasteiger partial charge in [-0.3, -0.25) is 0 Å². The van der Waals surface area contributed by atoms with Crippen LogP contribution in [0.2, 0.25) is 0 Å². The van der Waals surface area contributed by atoms with E-state index in [-0.39, 0.29) is 5.82 Å². The van der Waals surface area contributed by atoms with Gasteiger partial charge in [-0.1, -0.05) is 12.1 Å². The van der Waals surface area contributed by atoms with Crippen molar-refractivity contribution in [3.63, 3.8) is 0 Å². The molecule has 0 saturated heterocycles. The summed E-state index contributed by atoms with van der Waals surface area (Å²) < 4.78 is 18.5. The topological polar surface area (TPSA) is 47.0 Å². The van der Waals surface area contributed by atoms with Gasteiger partial charge in [-0.25, -0.2) is 14.4 Å². The van der Waals surface area contributed by atoms with E-state index >= 15 is 0 Å². The molecular formula is C18H14FN3O. The van der Waals surface area contributed by atoms with Crippen molar-refractivity contribution in [2.75, 3.05) is 12.4 Å². The largest absolute Gasteiger partial charge is 0.497 e. The van der Waals surface area contributed by atoms with Gasteiger partial charge in [0.1, 0.15) is 17.3 Å². The fourth-order valence-electron chi connectivity index (χ4n) is 2.21. The van der Waals surface area contributed by atoms with Crippen molar-refractivity contribution in [1.82, 2.24) is 9.97 Å². The number of hydrogen-bond acceptors (Lipinski definition) is 4. The molecule has 4 nitrogen and oxygen atoms in total. The van der Waals surface area contributed by atoms with Crippen LogP contribution in [0.4, 0.5) is 10.3 Å². The Kier molecular flexibility index (Phi) is 4.07. The maximum Gasteiger partial charge on any atom is 0.224 e. The van der Waals surface area contributed by atoms with Gasteiger partial charge >= 0.3 is 0 Å². The molecule has 1 N–H and O–H groups in total. The molecule has 1 aromatic heterocycles. The predicted octanol–water partition coefficient (Wildman–Crippen LogP) is 3.37. The van der Waals surface area contributed by atoms with Crippen molar-refractivity contribution in [2.45, 2.75) is 6.54 Å². The first-order chi connectivity index (χ1) is 11.2. The molecule has 0 aliphatic rings. The zero-order valence-electron chi connectivity index (χ0n) is 12.5. The molecule has 0 saturated carbocycles. The number of benzene rings is 2. The summed E-state index contributed by atoms with van der Waals surface area (Å²) in [6.45, 7) is 0.542. The quantitative estimate of drug-likeness (QED) is 0.751. The van der Waals surface area contributed by atoms with Crippen LogP contribution in [-0.4, -0.2) is 17.1 Å². The number of fused-ring (bicyclic) bond motifs is 1. The summed E-state index contributed by atoms with van der Waals surface area (Å²) in [5, 5.41) is 3.66.